The molecule has 0 aliphatic rings. The first-order valence-corrected chi connectivity index (χ1v) is 5.40. The predicted octanol–water partition coefficient (Wildman–Crippen LogP) is 4.79. The summed E-state index contributed by atoms with van der Waals surface area (Å²) in [5, 5.41) is 0.996. The molecule has 0 bridgehead atoms. The fourth-order valence-corrected chi connectivity index (χ4v) is 1.65. The van der Waals surface area contributed by atoms with Gasteiger partial charge in [0, 0.05) is 5.69 Å². The maximum atomic E-state index is 5.98. The monoisotopic (exact) mass is 289 g/mol. The summed E-state index contributed by atoms with van der Waals surface area (Å²) in [6.07, 6.45) is 0. The quantitative estimate of drug-likeness (QED) is 0.807. The number of benzene rings is 2. The third-order valence-electron chi connectivity index (χ3n) is 2.01. The molecule has 0 saturated heterocycles. The molecule has 2 rings (SSSR count). The Bertz CT molecular complexity index is 517. The SMILES string of the molecule is Cl.Nc1ccc(Oc2ccccc2Cl)c(Cl)c1. The molecule has 2 aromatic rings. The van der Waals surface area contributed by atoms with Crippen LogP contribution in [0.4, 0.5) is 5.69 Å². The highest BCUT2D eigenvalue weighted by Gasteiger charge is 2.05. The zero-order valence-electron chi connectivity index (χ0n) is 8.69. The van der Waals surface area contributed by atoms with E-state index in [1.54, 1.807) is 30.3 Å². The highest BCUT2D eigenvalue weighted by Crippen LogP contribution is 2.34. The summed E-state index contributed by atoms with van der Waals surface area (Å²) < 4.78 is 5.58. The highest BCUT2D eigenvalue weighted by atomic mass is 35.5. The number of nitrogen functional groups attached to an aromatic ring is 1. The van der Waals surface area contributed by atoms with Crippen molar-refractivity contribution >= 4 is 41.3 Å². The van der Waals surface area contributed by atoms with Gasteiger partial charge in [-0.1, -0.05) is 35.3 Å². The van der Waals surface area contributed by atoms with E-state index in [1.165, 1.54) is 0 Å². The van der Waals surface area contributed by atoms with E-state index in [1.807, 2.05) is 12.1 Å². The van der Waals surface area contributed by atoms with Gasteiger partial charge in [-0.15, -0.1) is 12.4 Å². The van der Waals surface area contributed by atoms with Gasteiger partial charge in [-0.3, -0.25) is 0 Å². The van der Waals surface area contributed by atoms with Crippen molar-refractivity contribution in [2.24, 2.45) is 0 Å². The number of rotatable bonds is 2. The van der Waals surface area contributed by atoms with Gasteiger partial charge >= 0.3 is 0 Å². The van der Waals surface area contributed by atoms with E-state index < -0.39 is 0 Å². The lowest BCUT2D eigenvalue weighted by Gasteiger charge is -2.09. The van der Waals surface area contributed by atoms with Gasteiger partial charge in [0.2, 0.25) is 0 Å². The molecule has 90 valence electrons. The molecular formula is C12H10Cl3NO. The van der Waals surface area contributed by atoms with Crippen molar-refractivity contribution < 1.29 is 4.74 Å². The summed E-state index contributed by atoms with van der Waals surface area (Å²) in [6.45, 7) is 0. The summed E-state index contributed by atoms with van der Waals surface area (Å²) in [6, 6.07) is 12.3. The molecule has 2 nitrogen and oxygen atoms in total. The van der Waals surface area contributed by atoms with E-state index in [9.17, 15) is 0 Å². The van der Waals surface area contributed by atoms with Crippen LogP contribution in [0.1, 0.15) is 0 Å². The Labute approximate surface area is 116 Å². The van der Waals surface area contributed by atoms with Crippen molar-refractivity contribution in [1.82, 2.24) is 0 Å². The van der Waals surface area contributed by atoms with Crippen LogP contribution in [0.15, 0.2) is 42.5 Å². The number of ether oxygens (including phenoxy) is 1. The molecule has 0 atom stereocenters. The minimum absolute atomic E-state index is 0. The third-order valence-corrected chi connectivity index (χ3v) is 2.62. The summed E-state index contributed by atoms with van der Waals surface area (Å²) in [5.74, 6) is 1.10. The Kier molecular flexibility index (Phi) is 4.94. The zero-order valence-corrected chi connectivity index (χ0v) is 11.0. The van der Waals surface area contributed by atoms with Gasteiger partial charge in [0.25, 0.3) is 0 Å². The summed E-state index contributed by atoms with van der Waals surface area (Å²) in [4.78, 5) is 0. The first kappa shape index (κ1) is 14.0. The second-order valence-electron chi connectivity index (χ2n) is 3.22. The van der Waals surface area contributed by atoms with Gasteiger partial charge in [0.1, 0.15) is 11.5 Å². The first-order chi connectivity index (χ1) is 7.66. The fraction of sp³-hybridized carbons (Fsp3) is 0. The number of hydrogen-bond acceptors (Lipinski definition) is 2. The van der Waals surface area contributed by atoms with Gasteiger partial charge in [-0.05, 0) is 30.3 Å². The molecule has 0 radical (unpaired) electrons. The van der Waals surface area contributed by atoms with Crippen molar-refractivity contribution in [3.8, 4) is 11.5 Å². The summed E-state index contributed by atoms with van der Waals surface area (Å²) in [7, 11) is 0. The van der Waals surface area contributed by atoms with E-state index in [4.69, 9.17) is 33.7 Å². The van der Waals surface area contributed by atoms with Crippen LogP contribution in [0.3, 0.4) is 0 Å². The zero-order chi connectivity index (χ0) is 11.5. The molecule has 0 aromatic heterocycles. The Hall–Kier alpha value is -1.09. The van der Waals surface area contributed by atoms with Crippen LogP contribution in [0.2, 0.25) is 10.0 Å². The van der Waals surface area contributed by atoms with Crippen molar-refractivity contribution in [2.75, 3.05) is 5.73 Å². The van der Waals surface area contributed by atoms with Crippen LogP contribution in [0.25, 0.3) is 0 Å². The third kappa shape index (κ3) is 3.43. The number of anilines is 1. The highest BCUT2D eigenvalue weighted by molar-refractivity contribution is 6.33. The lowest BCUT2D eigenvalue weighted by molar-refractivity contribution is 0.483. The van der Waals surface area contributed by atoms with Gasteiger partial charge in [0.05, 0.1) is 10.0 Å². The molecule has 0 aliphatic heterocycles. The maximum absolute atomic E-state index is 5.98. The van der Waals surface area contributed by atoms with Crippen molar-refractivity contribution in [1.29, 1.82) is 0 Å². The summed E-state index contributed by atoms with van der Waals surface area (Å²) in [5.41, 5.74) is 6.18. The Morgan fingerprint density at radius 1 is 0.882 bits per heavy atom. The molecule has 5 heteroatoms. The Morgan fingerprint density at radius 3 is 2.18 bits per heavy atom. The molecule has 0 fully saturated rings. The van der Waals surface area contributed by atoms with E-state index in [-0.39, 0.29) is 12.4 Å². The van der Waals surface area contributed by atoms with Crippen LogP contribution in [-0.4, -0.2) is 0 Å². The van der Waals surface area contributed by atoms with Gasteiger partial charge in [0.15, 0.2) is 0 Å². The molecule has 0 heterocycles. The van der Waals surface area contributed by atoms with Crippen LogP contribution in [-0.2, 0) is 0 Å². The second-order valence-corrected chi connectivity index (χ2v) is 4.04. The lowest BCUT2D eigenvalue weighted by Crippen LogP contribution is -1.88. The smallest absolute Gasteiger partial charge is 0.146 e. The molecule has 0 saturated carbocycles. The molecule has 2 aromatic carbocycles. The van der Waals surface area contributed by atoms with Crippen LogP contribution in [0.5, 0.6) is 11.5 Å². The van der Waals surface area contributed by atoms with Gasteiger partial charge < -0.3 is 10.5 Å². The molecule has 0 unspecified atom stereocenters. The molecule has 0 spiro atoms. The molecule has 0 aliphatic carbocycles. The lowest BCUT2D eigenvalue weighted by atomic mass is 10.3. The van der Waals surface area contributed by atoms with Crippen LogP contribution < -0.4 is 10.5 Å². The molecule has 17 heavy (non-hydrogen) atoms. The van der Waals surface area contributed by atoms with E-state index in [2.05, 4.69) is 0 Å². The molecule has 2 N–H and O–H groups in total. The number of para-hydroxylation sites is 1. The van der Waals surface area contributed by atoms with Crippen molar-refractivity contribution in [3.05, 3.63) is 52.5 Å². The Balaban J connectivity index is 0.00000144. The minimum atomic E-state index is 0. The predicted molar refractivity (Wildman–Crippen MR) is 74.6 cm³/mol. The topological polar surface area (TPSA) is 35.2 Å². The average Bonchev–Trinajstić information content (AvgIpc) is 2.25. The Morgan fingerprint density at radius 2 is 1.53 bits per heavy atom. The molecule has 0 amide bonds. The average molecular weight is 291 g/mol. The largest absolute Gasteiger partial charge is 0.454 e. The number of nitrogens with two attached hydrogens (primary N) is 1. The van der Waals surface area contributed by atoms with Crippen LogP contribution >= 0.6 is 35.6 Å². The first-order valence-electron chi connectivity index (χ1n) is 4.64. The van der Waals surface area contributed by atoms with Crippen molar-refractivity contribution in [3.63, 3.8) is 0 Å². The molecular weight excluding hydrogens is 280 g/mol. The van der Waals surface area contributed by atoms with E-state index in [0.717, 1.165) is 0 Å². The second kappa shape index (κ2) is 6.01. The number of halogens is 3. The number of hydrogen-bond donors (Lipinski definition) is 1. The van der Waals surface area contributed by atoms with E-state index >= 15 is 0 Å². The standard InChI is InChI=1S/C12H9Cl2NO.ClH/c13-9-3-1-2-4-11(9)16-12-6-5-8(15)7-10(12)14;/h1-7H,15H2;1H. The normalized spacial score (nSPS) is 9.53. The van der Waals surface area contributed by atoms with E-state index in [0.29, 0.717) is 27.2 Å². The maximum Gasteiger partial charge on any atom is 0.146 e. The van der Waals surface area contributed by atoms with Gasteiger partial charge in [-0.2, -0.15) is 0 Å². The van der Waals surface area contributed by atoms with Gasteiger partial charge in [-0.25, -0.2) is 0 Å². The summed E-state index contributed by atoms with van der Waals surface area (Å²) >= 11 is 11.9. The fourth-order valence-electron chi connectivity index (χ4n) is 1.25. The van der Waals surface area contributed by atoms with Crippen LogP contribution in [0, 0.1) is 0 Å². The van der Waals surface area contributed by atoms with Crippen molar-refractivity contribution in [2.45, 2.75) is 0 Å². The minimum Gasteiger partial charge on any atom is -0.454 e.